The molecule has 0 saturated heterocycles. The maximum Gasteiger partial charge on any atom is 0.335 e. The number of aromatic hydroxyl groups is 1. The van der Waals surface area contributed by atoms with Gasteiger partial charge in [-0.25, -0.2) is 14.2 Å². The van der Waals surface area contributed by atoms with Crippen molar-refractivity contribution in [1.29, 1.82) is 0 Å². The van der Waals surface area contributed by atoms with E-state index in [1.807, 2.05) is 30.3 Å². The van der Waals surface area contributed by atoms with Crippen LogP contribution in [0.1, 0.15) is 15.9 Å². The number of halogens is 1. The normalized spacial score (nSPS) is 11.3. The van der Waals surface area contributed by atoms with E-state index in [1.165, 1.54) is 18.2 Å². The van der Waals surface area contributed by atoms with E-state index < -0.39 is 5.97 Å². The standard InChI is InChI=1S/C25H17FN2O3/c1-13-9-15(5-7-19(13)26)14-3-2-4-17(10-14)24-27-20-8-6-16-11-18(25(30)31)12-21(29)22(16)23(20)28-24/h2-12,29H,1H3,(H,27,28)(H,30,31). The highest BCUT2D eigenvalue weighted by Crippen LogP contribution is 2.34. The first-order valence-corrected chi connectivity index (χ1v) is 9.66. The molecule has 0 aliphatic carbocycles. The number of nitrogens with zero attached hydrogens (tertiary/aromatic N) is 1. The first-order chi connectivity index (χ1) is 14.9. The third kappa shape index (κ3) is 3.18. The van der Waals surface area contributed by atoms with Crippen LogP contribution in [-0.2, 0) is 0 Å². The first kappa shape index (κ1) is 18.8. The first-order valence-electron chi connectivity index (χ1n) is 9.66. The Hall–Kier alpha value is -4.19. The zero-order valence-corrected chi connectivity index (χ0v) is 16.5. The minimum absolute atomic E-state index is 0.0161. The van der Waals surface area contributed by atoms with Gasteiger partial charge in [-0.1, -0.05) is 30.3 Å². The Bertz CT molecular complexity index is 1500. The van der Waals surface area contributed by atoms with E-state index in [4.69, 9.17) is 0 Å². The van der Waals surface area contributed by atoms with Gasteiger partial charge in [-0.15, -0.1) is 0 Å². The Morgan fingerprint density at radius 3 is 2.52 bits per heavy atom. The van der Waals surface area contributed by atoms with Gasteiger partial charge in [0.2, 0.25) is 0 Å². The number of carboxylic acids is 1. The van der Waals surface area contributed by atoms with Crippen LogP contribution in [0.2, 0.25) is 0 Å². The number of benzene rings is 4. The summed E-state index contributed by atoms with van der Waals surface area (Å²) < 4.78 is 13.6. The van der Waals surface area contributed by atoms with Crippen molar-refractivity contribution in [2.75, 3.05) is 0 Å². The molecule has 0 unspecified atom stereocenters. The quantitative estimate of drug-likeness (QED) is 0.344. The number of nitrogens with one attached hydrogen (secondary N) is 1. The molecule has 0 saturated carbocycles. The molecule has 0 radical (unpaired) electrons. The van der Waals surface area contributed by atoms with Crippen molar-refractivity contribution in [1.82, 2.24) is 9.97 Å². The van der Waals surface area contributed by atoms with Gasteiger partial charge in [0.1, 0.15) is 22.9 Å². The van der Waals surface area contributed by atoms with E-state index in [2.05, 4.69) is 9.97 Å². The van der Waals surface area contributed by atoms with Crippen molar-refractivity contribution in [3.8, 4) is 28.3 Å². The Balaban J connectivity index is 1.65. The van der Waals surface area contributed by atoms with E-state index >= 15 is 0 Å². The van der Waals surface area contributed by atoms with E-state index in [1.54, 1.807) is 25.1 Å². The number of phenolic OH excluding ortho intramolecular Hbond substituents is 1. The molecule has 5 rings (SSSR count). The largest absolute Gasteiger partial charge is 0.507 e. The number of carboxylic acid groups (broad SMARTS) is 1. The van der Waals surface area contributed by atoms with Crippen molar-refractivity contribution in [2.45, 2.75) is 6.92 Å². The van der Waals surface area contributed by atoms with Crippen LogP contribution in [-0.4, -0.2) is 26.2 Å². The summed E-state index contributed by atoms with van der Waals surface area (Å²) >= 11 is 0. The SMILES string of the molecule is Cc1cc(-c2cccc(-c3nc4c(ccc5cc(C(=O)O)cc(O)c54)[nH]3)c2)ccc1F. The number of imidazole rings is 1. The van der Waals surface area contributed by atoms with Crippen LogP contribution in [0, 0.1) is 12.7 Å². The van der Waals surface area contributed by atoms with Gasteiger partial charge < -0.3 is 15.2 Å². The fourth-order valence-electron chi connectivity index (χ4n) is 3.84. The number of fused-ring (bicyclic) bond motifs is 3. The minimum atomic E-state index is -1.10. The fourth-order valence-corrected chi connectivity index (χ4v) is 3.84. The van der Waals surface area contributed by atoms with Crippen molar-refractivity contribution in [3.63, 3.8) is 0 Å². The van der Waals surface area contributed by atoms with E-state index in [-0.39, 0.29) is 17.1 Å². The lowest BCUT2D eigenvalue weighted by molar-refractivity contribution is 0.0696. The molecule has 0 amide bonds. The Labute approximate surface area is 176 Å². The number of aromatic nitrogens is 2. The molecule has 0 spiro atoms. The Kier molecular flexibility index (Phi) is 4.22. The van der Waals surface area contributed by atoms with Gasteiger partial charge in [-0.2, -0.15) is 0 Å². The molecule has 6 heteroatoms. The van der Waals surface area contributed by atoms with Gasteiger partial charge >= 0.3 is 5.97 Å². The molecule has 4 aromatic carbocycles. The lowest BCUT2D eigenvalue weighted by atomic mass is 10.0. The second kappa shape index (κ2) is 6.95. The zero-order chi connectivity index (χ0) is 21.7. The highest BCUT2D eigenvalue weighted by molar-refractivity contribution is 6.10. The monoisotopic (exact) mass is 412 g/mol. The lowest BCUT2D eigenvalue weighted by Crippen LogP contribution is -1.95. The number of H-pyrrole nitrogens is 1. The highest BCUT2D eigenvalue weighted by Gasteiger charge is 2.15. The smallest absolute Gasteiger partial charge is 0.335 e. The van der Waals surface area contributed by atoms with E-state index in [9.17, 15) is 19.4 Å². The van der Waals surface area contributed by atoms with Crippen LogP contribution in [0.4, 0.5) is 4.39 Å². The maximum atomic E-state index is 13.6. The lowest BCUT2D eigenvalue weighted by Gasteiger charge is -2.06. The van der Waals surface area contributed by atoms with Crippen LogP contribution in [0.25, 0.3) is 44.3 Å². The number of hydrogen-bond acceptors (Lipinski definition) is 3. The van der Waals surface area contributed by atoms with Crippen molar-refractivity contribution in [2.24, 2.45) is 0 Å². The van der Waals surface area contributed by atoms with Gasteiger partial charge in [0.15, 0.2) is 0 Å². The second-order valence-corrected chi connectivity index (χ2v) is 7.49. The molecule has 0 aliphatic heterocycles. The molecule has 31 heavy (non-hydrogen) atoms. The Morgan fingerprint density at radius 1 is 0.968 bits per heavy atom. The average molecular weight is 412 g/mol. The number of hydrogen-bond donors (Lipinski definition) is 3. The third-order valence-electron chi connectivity index (χ3n) is 5.42. The minimum Gasteiger partial charge on any atom is -0.507 e. The highest BCUT2D eigenvalue weighted by atomic mass is 19.1. The summed E-state index contributed by atoms with van der Waals surface area (Å²) in [5.74, 6) is -0.859. The van der Waals surface area contributed by atoms with Gasteiger partial charge in [-0.05, 0) is 65.4 Å². The van der Waals surface area contributed by atoms with Crippen LogP contribution in [0.5, 0.6) is 5.75 Å². The molecular weight excluding hydrogens is 395 g/mol. The third-order valence-corrected chi connectivity index (χ3v) is 5.42. The summed E-state index contributed by atoms with van der Waals surface area (Å²) in [5.41, 5.74) is 4.55. The van der Waals surface area contributed by atoms with Crippen LogP contribution < -0.4 is 0 Å². The van der Waals surface area contributed by atoms with Crippen molar-refractivity contribution < 1.29 is 19.4 Å². The van der Waals surface area contributed by atoms with Crippen LogP contribution in [0.3, 0.4) is 0 Å². The molecule has 152 valence electrons. The van der Waals surface area contributed by atoms with Crippen LogP contribution in [0.15, 0.2) is 66.7 Å². The molecule has 0 atom stereocenters. The number of aromatic amines is 1. The molecule has 5 aromatic rings. The van der Waals surface area contributed by atoms with Gasteiger partial charge in [0, 0.05) is 5.56 Å². The summed E-state index contributed by atoms with van der Waals surface area (Å²) in [6.45, 7) is 1.73. The van der Waals surface area contributed by atoms with Gasteiger partial charge in [-0.3, -0.25) is 0 Å². The Morgan fingerprint density at radius 2 is 1.74 bits per heavy atom. The summed E-state index contributed by atoms with van der Waals surface area (Å²) in [4.78, 5) is 19.2. The molecule has 5 nitrogen and oxygen atoms in total. The molecule has 0 bridgehead atoms. The van der Waals surface area contributed by atoms with E-state index in [0.29, 0.717) is 27.7 Å². The number of aryl methyl sites for hydroxylation is 1. The number of aromatic carboxylic acids is 1. The maximum absolute atomic E-state index is 13.6. The summed E-state index contributed by atoms with van der Waals surface area (Å²) in [5, 5.41) is 20.8. The topological polar surface area (TPSA) is 86.2 Å². The van der Waals surface area contributed by atoms with Gasteiger partial charge in [0.25, 0.3) is 0 Å². The van der Waals surface area contributed by atoms with Crippen molar-refractivity contribution in [3.05, 3.63) is 83.7 Å². The number of carbonyl (C=O) groups is 1. The molecular formula is C25H17FN2O3. The fraction of sp³-hybridized carbons (Fsp3) is 0.0400. The molecule has 1 aromatic heterocycles. The molecule has 1 heterocycles. The second-order valence-electron chi connectivity index (χ2n) is 7.49. The van der Waals surface area contributed by atoms with Crippen LogP contribution >= 0.6 is 0 Å². The zero-order valence-electron chi connectivity index (χ0n) is 16.5. The molecule has 0 fully saturated rings. The van der Waals surface area contributed by atoms with Gasteiger partial charge in [0.05, 0.1) is 16.5 Å². The van der Waals surface area contributed by atoms with E-state index in [0.717, 1.165) is 22.2 Å². The predicted molar refractivity (Wildman–Crippen MR) is 118 cm³/mol. The molecule has 3 N–H and O–H groups in total. The average Bonchev–Trinajstić information content (AvgIpc) is 3.20. The molecule has 0 aliphatic rings. The summed E-state index contributed by atoms with van der Waals surface area (Å²) in [6, 6.07) is 19.1. The van der Waals surface area contributed by atoms with Crippen molar-refractivity contribution >= 4 is 27.8 Å². The predicted octanol–water partition coefficient (Wildman–Crippen LogP) is 5.90. The number of phenols is 1. The number of rotatable bonds is 3. The summed E-state index contributed by atoms with van der Waals surface area (Å²) in [6.07, 6.45) is 0. The summed E-state index contributed by atoms with van der Waals surface area (Å²) in [7, 11) is 0.